The van der Waals surface area contributed by atoms with Crippen LogP contribution in [0.5, 0.6) is 0 Å². The van der Waals surface area contributed by atoms with E-state index in [1.54, 1.807) is 18.2 Å². The number of benzene rings is 1. The molecule has 1 aliphatic rings. The molecule has 5 nitrogen and oxygen atoms in total. The Hall–Kier alpha value is -1.59. The van der Waals surface area contributed by atoms with Crippen LogP contribution in [0.4, 0.5) is 5.69 Å². The SMILES string of the molecule is O=C(O)C1=NN(c2c(Cl)cccc2Cl)C(=O)C1. The summed E-state index contributed by atoms with van der Waals surface area (Å²) >= 11 is 11.8. The lowest BCUT2D eigenvalue weighted by Gasteiger charge is -2.14. The second-order valence-electron chi connectivity index (χ2n) is 3.30. The van der Waals surface area contributed by atoms with E-state index in [2.05, 4.69) is 5.10 Å². The van der Waals surface area contributed by atoms with Crippen LogP contribution >= 0.6 is 23.2 Å². The molecule has 0 atom stereocenters. The molecule has 0 saturated heterocycles. The number of nitrogens with zero attached hydrogens (tertiary/aromatic N) is 2. The second-order valence-corrected chi connectivity index (χ2v) is 4.12. The maximum absolute atomic E-state index is 11.6. The summed E-state index contributed by atoms with van der Waals surface area (Å²) < 4.78 is 0. The van der Waals surface area contributed by atoms with E-state index in [0.717, 1.165) is 5.01 Å². The van der Waals surface area contributed by atoms with Crippen LogP contribution in [0, 0.1) is 0 Å². The molecule has 17 heavy (non-hydrogen) atoms. The minimum absolute atomic E-state index is 0.206. The van der Waals surface area contributed by atoms with Gasteiger partial charge < -0.3 is 5.11 Å². The number of hydrogen-bond donors (Lipinski definition) is 1. The summed E-state index contributed by atoms with van der Waals surface area (Å²) in [5.74, 6) is -1.71. The van der Waals surface area contributed by atoms with Crippen LogP contribution in [-0.2, 0) is 9.59 Å². The molecule has 88 valence electrons. The van der Waals surface area contributed by atoms with Gasteiger partial charge >= 0.3 is 5.97 Å². The molecule has 0 spiro atoms. The number of hydrogen-bond acceptors (Lipinski definition) is 3. The normalized spacial score (nSPS) is 15.1. The molecule has 2 rings (SSSR count). The first kappa shape index (κ1) is 11.9. The number of hydrazone groups is 1. The Morgan fingerprint density at radius 2 is 1.94 bits per heavy atom. The summed E-state index contributed by atoms with van der Waals surface area (Å²) in [6.07, 6.45) is -0.267. The summed E-state index contributed by atoms with van der Waals surface area (Å²) in [6, 6.07) is 4.71. The molecule has 1 N–H and O–H groups in total. The monoisotopic (exact) mass is 272 g/mol. The molecule has 1 amide bonds. The quantitative estimate of drug-likeness (QED) is 0.897. The van der Waals surface area contributed by atoms with Gasteiger partial charge in [0.1, 0.15) is 5.69 Å². The highest BCUT2D eigenvalue weighted by Gasteiger charge is 2.31. The lowest BCUT2D eigenvalue weighted by Crippen LogP contribution is -2.20. The Bertz CT molecular complexity index is 522. The molecule has 0 aromatic heterocycles. The van der Waals surface area contributed by atoms with Gasteiger partial charge in [0.25, 0.3) is 5.91 Å². The van der Waals surface area contributed by atoms with Crippen molar-refractivity contribution in [1.82, 2.24) is 0 Å². The zero-order valence-electron chi connectivity index (χ0n) is 8.35. The second kappa shape index (κ2) is 4.35. The fraction of sp³-hybridized carbons (Fsp3) is 0.100. The number of aliphatic carboxylic acids is 1. The Labute approximate surface area is 106 Å². The van der Waals surface area contributed by atoms with Crippen LogP contribution in [0.15, 0.2) is 23.3 Å². The largest absolute Gasteiger partial charge is 0.477 e. The summed E-state index contributed by atoms with van der Waals surface area (Å²) in [7, 11) is 0. The van der Waals surface area contributed by atoms with E-state index in [1.807, 2.05) is 0 Å². The number of carboxylic acids is 1. The van der Waals surface area contributed by atoms with Crippen LogP contribution in [0.3, 0.4) is 0 Å². The van der Waals surface area contributed by atoms with Crippen molar-refractivity contribution >= 4 is 46.5 Å². The lowest BCUT2D eigenvalue weighted by molar-refractivity contribution is -0.129. The van der Waals surface area contributed by atoms with E-state index in [4.69, 9.17) is 28.3 Å². The number of anilines is 1. The summed E-state index contributed by atoms with van der Waals surface area (Å²) in [5.41, 5.74) is -0.0249. The van der Waals surface area contributed by atoms with E-state index in [1.165, 1.54) is 0 Å². The van der Waals surface area contributed by atoms with Gasteiger partial charge in [-0.15, -0.1) is 0 Å². The topological polar surface area (TPSA) is 70.0 Å². The zero-order chi connectivity index (χ0) is 12.6. The van der Waals surface area contributed by atoms with E-state index >= 15 is 0 Å². The van der Waals surface area contributed by atoms with Crippen molar-refractivity contribution in [2.75, 3.05) is 5.01 Å². The minimum atomic E-state index is -1.23. The van der Waals surface area contributed by atoms with Crippen molar-refractivity contribution in [3.8, 4) is 0 Å². The van der Waals surface area contributed by atoms with Crippen LogP contribution in [0.1, 0.15) is 6.42 Å². The third-order valence-electron chi connectivity index (χ3n) is 2.17. The highest BCUT2D eigenvalue weighted by molar-refractivity contribution is 6.44. The van der Waals surface area contributed by atoms with Crippen LogP contribution < -0.4 is 5.01 Å². The Morgan fingerprint density at radius 3 is 2.41 bits per heavy atom. The lowest BCUT2D eigenvalue weighted by atomic mass is 10.2. The predicted molar refractivity (Wildman–Crippen MR) is 63.6 cm³/mol. The van der Waals surface area contributed by atoms with Crippen molar-refractivity contribution in [2.24, 2.45) is 5.10 Å². The molecule has 0 fully saturated rings. The summed E-state index contributed by atoms with van der Waals surface area (Å²) in [6.45, 7) is 0. The van der Waals surface area contributed by atoms with E-state index < -0.39 is 11.9 Å². The highest BCUT2D eigenvalue weighted by Crippen LogP contribution is 2.35. The third-order valence-corrected chi connectivity index (χ3v) is 2.78. The predicted octanol–water partition coefficient (Wildman–Crippen LogP) is 2.17. The van der Waals surface area contributed by atoms with Gasteiger partial charge in [0.2, 0.25) is 0 Å². The molecular weight excluding hydrogens is 267 g/mol. The Morgan fingerprint density at radius 1 is 1.35 bits per heavy atom. The van der Waals surface area contributed by atoms with E-state index in [0.29, 0.717) is 0 Å². The Balaban J connectivity index is 2.48. The zero-order valence-corrected chi connectivity index (χ0v) is 9.87. The fourth-order valence-electron chi connectivity index (χ4n) is 1.41. The van der Waals surface area contributed by atoms with Gasteiger partial charge in [-0.1, -0.05) is 29.3 Å². The molecule has 0 saturated carbocycles. The number of halogens is 2. The first-order chi connectivity index (χ1) is 8.00. The van der Waals surface area contributed by atoms with Gasteiger partial charge in [0.05, 0.1) is 16.5 Å². The van der Waals surface area contributed by atoms with Crippen molar-refractivity contribution < 1.29 is 14.7 Å². The fourth-order valence-corrected chi connectivity index (χ4v) is 1.97. The minimum Gasteiger partial charge on any atom is -0.477 e. The van der Waals surface area contributed by atoms with Crippen LogP contribution in [0.25, 0.3) is 0 Å². The van der Waals surface area contributed by atoms with Gasteiger partial charge in [0.15, 0.2) is 5.71 Å². The molecule has 7 heteroatoms. The molecule has 0 aliphatic carbocycles. The maximum atomic E-state index is 11.6. The van der Waals surface area contributed by atoms with Crippen LogP contribution in [0.2, 0.25) is 10.0 Å². The first-order valence-electron chi connectivity index (χ1n) is 4.58. The van der Waals surface area contributed by atoms with Gasteiger partial charge in [-0.3, -0.25) is 4.79 Å². The van der Waals surface area contributed by atoms with E-state index in [9.17, 15) is 9.59 Å². The van der Waals surface area contributed by atoms with Crippen molar-refractivity contribution in [2.45, 2.75) is 6.42 Å². The van der Waals surface area contributed by atoms with Gasteiger partial charge in [-0.05, 0) is 12.1 Å². The standard InChI is InChI=1S/C10H6Cl2N2O3/c11-5-2-1-3-6(12)9(5)14-8(15)4-7(13-14)10(16)17/h1-3H,4H2,(H,16,17). The van der Waals surface area contributed by atoms with Crippen molar-refractivity contribution in [3.05, 3.63) is 28.2 Å². The Kier molecular flexibility index (Phi) is 3.04. The molecule has 1 aliphatic heterocycles. The smallest absolute Gasteiger partial charge is 0.352 e. The number of carbonyl (C=O) groups is 2. The van der Waals surface area contributed by atoms with Crippen molar-refractivity contribution in [1.29, 1.82) is 0 Å². The molecule has 0 bridgehead atoms. The van der Waals surface area contributed by atoms with Gasteiger partial charge in [-0.2, -0.15) is 10.1 Å². The van der Waals surface area contributed by atoms with E-state index in [-0.39, 0.29) is 27.9 Å². The number of amides is 1. The molecule has 1 heterocycles. The molecule has 1 aromatic carbocycles. The van der Waals surface area contributed by atoms with Crippen molar-refractivity contribution in [3.63, 3.8) is 0 Å². The average Bonchev–Trinajstić information content (AvgIpc) is 2.61. The molecular formula is C10H6Cl2N2O3. The number of para-hydroxylation sites is 1. The molecule has 0 radical (unpaired) electrons. The maximum Gasteiger partial charge on any atom is 0.352 e. The number of rotatable bonds is 2. The highest BCUT2D eigenvalue weighted by atomic mass is 35.5. The molecule has 1 aromatic rings. The molecule has 0 unspecified atom stereocenters. The van der Waals surface area contributed by atoms with Crippen LogP contribution in [-0.4, -0.2) is 22.7 Å². The summed E-state index contributed by atoms with van der Waals surface area (Å²) in [4.78, 5) is 22.3. The third kappa shape index (κ3) is 2.11. The number of carbonyl (C=O) groups excluding carboxylic acids is 1. The number of carboxylic acid groups (broad SMARTS) is 1. The van der Waals surface area contributed by atoms with Gasteiger partial charge in [0, 0.05) is 0 Å². The first-order valence-corrected chi connectivity index (χ1v) is 5.34. The average molecular weight is 273 g/mol. The van der Waals surface area contributed by atoms with Gasteiger partial charge in [-0.25, -0.2) is 4.79 Å². The summed E-state index contributed by atoms with van der Waals surface area (Å²) in [5, 5.41) is 13.9.